The van der Waals surface area contributed by atoms with Gasteiger partial charge in [0.1, 0.15) is 0 Å². The van der Waals surface area contributed by atoms with Crippen molar-refractivity contribution < 1.29 is 0 Å². The Morgan fingerprint density at radius 3 is 2.57 bits per heavy atom. The standard InChI is InChI=1S/C18H16N2S/c1-11-4-6-13(3)14(8-11)15-10-20-16-7-5-12(2)9-17(16)21-18(20)19-15/h4-10H,1-3H3. The summed E-state index contributed by atoms with van der Waals surface area (Å²) in [6.07, 6.45) is 2.16. The fourth-order valence-electron chi connectivity index (χ4n) is 2.75. The number of aromatic nitrogens is 2. The van der Waals surface area contributed by atoms with Crippen LogP contribution in [0.4, 0.5) is 0 Å². The molecule has 0 amide bonds. The molecule has 2 nitrogen and oxygen atoms in total. The molecule has 21 heavy (non-hydrogen) atoms. The van der Waals surface area contributed by atoms with Crippen LogP contribution in [0.1, 0.15) is 16.7 Å². The van der Waals surface area contributed by atoms with Crippen LogP contribution < -0.4 is 0 Å². The lowest BCUT2D eigenvalue weighted by molar-refractivity contribution is 1.29. The predicted molar refractivity (Wildman–Crippen MR) is 90.2 cm³/mol. The molecule has 2 aromatic heterocycles. The first-order valence-electron chi connectivity index (χ1n) is 7.08. The minimum Gasteiger partial charge on any atom is -0.290 e. The van der Waals surface area contributed by atoms with E-state index in [2.05, 4.69) is 67.8 Å². The van der Waals surface area contributed by atoms with Crippen LogP contribution in [-0.2, 0) is 0 Å². The van der Waals surface area contributed by atoms with E-state index in [-0.39, 0.29) is 0 Å². The average molecular weight is 292 g/mol. The Hall–Kier alpha value is -2.13. The van der Waals surface area contributed by atoms with Crippen LogP contribution in [0.2, 0.25) is 0 Å². The Morgan fingerprint density at radius 1 is 0.952 bits per heavy atom. The van der Waals surface area contributed by atoms with Crippen molar-refractivity contribution in [3.05, 3.63) is 59.3 Å². The van der Waals surface area contributed by atoms with Crippen LogP contribution in [0, 0.1) is 20.8 Å². The molecule has 3 heteroatoms. The molecule has 0 atom stereocenters. The van der Waals surface area contributed by atoms with Crippen LogP contribution in [-0.4, -0.2) is 9.38 Å². The summed E-state index contributed by atoms with van der Waals surface area (Å²) < 4.78 is 3.50. The lowest BCUT2D eigenvalue weighted by Crippen LogP contribution is -1.84. The number of fused-ring (bicyclic) bond motifs is 3. The first-order chi connectivity index (χ1) is 10.1. The van der Waals surface area contributed by atoms with Gasteiger partial charge in [-0.15, -0.1) is 0 Å². The van der Waals surface area contributed by atoms with E-state index >= 15 is 0 Å². The third kappa shape index (κ3) is 1.96. The zero-order valence-corrected chi connectivity index (χ0v) is 13.2. The van der Waals surface area contributed by atoms with Gasteiger partial charge in [0.25, 0.3) is 0 Å². The van der Waals surface area contributed by atoms with Gasteiger partial charge in [-0.2, -0.15) is 0 Å². The lowest BCUT2D eigenvalue weighted by atomic mass is 10.0. The summed E-state index contributed by atoms with van der Waals surface area (Å²) in [6.45, 7) is 6.40. The summed E-state index contributed by atoms with van der Waals surface area (Å²) in [4.78, 5) is 5.89. The number of hydrogen-bond donors (Lipinski definition) is 0. The van der Waals surface area contributed by atoms with Crippen molar-refractivity contribution in [2.45, 2.75) is 20.8 Å². The summed E-state index contributed by atoms with van der Waals surface area (Å²) in [5.41, 5.74) is 7.36. The molecule has 0 saturated heterocycles. The number of aryl methyl sites for hydroxylation is 3. The maximum absolute atomic E-state index is 4.83. The molecular formula is C18H16N2S. The summed E-state index contributed by atoms with van der Waals surface area (Å²) in [6, 6.07) is 13.1. The first kappa shape index (κ1) is 12.6. The molecule has 2 aromatic carbocycles. The van der Waals surface area contributed by atoms with Gasteiger partial charge >= 0.3 is 0 Å². The van der Waals surface area contributed by atoms with Crippen LogP contribution in [0.5, 0.6) is 0 Å². The summed E-state index contributed by atoms with van der Waals surface area (Å²) in [5.74, 6) is 0. The molecule has 0 aliphatic carbocycles. The number of nitrogens with zero attached hydrogens (tertiary/aromatic N) is 2. The minimum atomic E-state index is 1.06. The van der Waals surface area contributed by atoms with E-state index < -0.39 is 0 Å². The molecule has 0 radical (unpaired) electrons. The molecule has 0 aliphatic heterocycles. The molecule has 2 heterocycles. The van der Waals surface area contributed by atoms with E-state index in [9.17, 15) is 0 Å². The van der Waals surface area contributed by atoms with Crippen molar-refractivity contribution in [2.24, 2.45) is 0 Å². The van der Waals surface area contributed by atoms with E-state index in [4.69, 9.17) is 4.98 Å². The average Bonchev–Trinajstić information content (AvgIpc) is 2.98. The van der Waals surface area contributed by atoms with Gasteiger partial charge in [0.05, 0.1) is 15.9 Å². The Kier molecular flexibility index (Phi) is 2.66. The second kappa shape index (κ2) is 4.43. The molecule has 0 N–H and O–H groups in total. The maximum Gasteiger partial charge on any atom is 0.195 e. The van der Waals surface area contributed by atoms with Gasteiger partial charge in [-0.3, -0.25) is 4.40 Å². The van der Waals surface area contributed by atoms with Gasteiger partial charge in [-0.05, 0) is 50.1 Å². The van der Waals surface area contributed by atoms with Crippen molar-refractivity contribution >= 4 is 26.5 Å². The van der Waals surface area contributed by atoms with Gasteiger partial charge in [0.2, 0.25) is 0 Å². The highest BCUT2D eigenvalue weighted by atomic mass is 32.1. The van der Waals surface area contributed by atoms with E-state index in [1.165, 1.54) is 32.5 Å². The SMILES string of the molecule is Cc1ccc(C)c(-c2cn3c(n2)sc2cc(C)ccc23)c1. The largest absolute Gasteiger partial charge is 0.290 e. The van der Waals surface area contributed by atoms with Crippen LogP contribution in [0.3, 0.4) is 0 Å². The number of benzene rings is 2. The van der Waals surface area contributed by atoms with Gasteiger partial charge in [0.15, 0.2) is 4.96 Å². The van der Waals surface area contributed by atoms with Crippen molar-refractivity contribution in [3.8, 4) is 11.3 Å². The number of imidazole rings is 1. The zero-order chi connectivity index (χ0) is 14.6. The van der Waals surface area contributed by atoms with Crippen LogP contribution in [0.25, 0.3) is 26.4 Å². The molecule has 4 aromatic rings. The van der Waals surface area contributed by atoms with Crippen molar-refractivity contribution in [1.29, 1.82) is 0 Å². The fourth-order valence-corrected chi connectivity index (χ4v) is 3.86. The third-order valence-electron chi connectivity index (χ3n) is 3.92. The maximum atomic E-state index is 4.83. The third-order valence-corrected chi connectivity index (χ3v) is 4.94. The Labute approximate surface area is 127 Å². The van der Waals surface area contributed by atoms with E-state index in [1.807, 2.05) is 0 Å². The van der Waals surface area contributed by atoms with E-state index in [0.29, 0.717) is 0 Å². The molecule has 0 fully saturated rings. The van der Waals surface area contributed by atoms with E-state index in [0.717, 1.165) is 10.7 Å². The number of rotatable bonds is 1. The molecule has 0 unspecified atom stereocenters. The van der Waals surface area contributed by atoms with Crippen molar-refractivity contribution in [2.75, 3.05) is 0 Å². The van der Waals surface area contributed by atoms with Gasteiger partial charge in [-0.1, -0.05) is 35.1 Å². The Morgan fingerprint density at radius 2 is 1.71 bits per heavy atom. The molecule has 0 aliphatic rings. The molecule has 104 valence electrons. The van der Waals surface area contributed by atoms with Crippen molar-refractivity contribution in [1.82, 2.24) is 9.38 Å². The topological polar surface area (TPSA) is 17.3 Å². The minimum absolute atomic E-state index is 1.06. The molecule has 0 saturated carbocycles. The molecule has 4 rings (SSSR count). The van der Waals surface area contributed by atoms with Crippen LogP contribution >= 0.6 is 11.3 Å². The highest BCUT2D eigenvalue weighted by Gasteiger charge is 2.11. The van der Waals surface area contributed by atoms with Gasteiger partial charge in [-0.25, -0.2) is 4.98 Å². The second-order valence-electron chi connectivity index (χ2n) is 5.67. The Balaban J connectivity index is 1.97. The quantitative estimate of drug-likeness (QED) is 0.475. The molecule has 0 bridgehead atoms. The molecular weight excluding hydrogens is 276 g/mol. The van der Waals surface area contributed by atoms with Gasteiger partial charge < -0.3 is 0 Å². The summed E-state index contributed by atoms with van der Waals surface area (Å²) in [5, 5.41) is 0. The van der Waals surface area contributed by atoms with E-state index in [1.54, 1.807) is 11.3 Å². The smallest absolute Gasteiger partial charge is 0.195 e. The van der Waals surface area contributed by atoms with Gasteiger partial charge in [0, 0.05) is 11.8 Å². The highest BCUT2D eigenvalue weighted by Crippen LogP contribution is 2.31. The summed E-state index contributed by atoms with van der Waals surface area (Å²) in [7, 11) is 0. The zero-order valence-electron chi connectivity index (χ0n) is 12.3. The fraction of sp³-hybridized carbons (Fsp3) is 0.167. The van der Waals surface area contributed by atoms with Crippen LogP contribution in [0.15, 0.2) is 42.6 Å². The Bertz CT molecular complexity index is 976. The van der Waals surface area contributed by atoms with Crippen molar-refractivity contribution in [3.63, 3.8) is 0 Å². The number of thiazole rings is 1. The summed E-state index contributed by atoms with van der Waals surface area (Å²) >= 11 is 1.75. The molecule has 0 spiro atoms. The normalized spacial score (nSPS) is 11.6. The monoisotopic (exact) mass is 292 g/mol. The number of hydrogen-bond acceptors (Lipinski definition) is 2. The lowest BCUT2D eigenvalue weighted by Gasteiger charge is -2.03. The second-order valence-corrected chi connectivity index (χ2v) is 6.68. The predicted octanol–water partition coefficient (Wildman–Crippen LogP) is 5.14. The first-order valence-corrected chi connectivity index (χ1v) is 7.89. The highest BCUT2D eigenvalue weighted by molar-refractivity contribution is 7.23.